The van der Waals surface area contributed by atoms with Crippen LogP contribution in [0.2, 0.25) is 0 Å². The molecule has 1 unspecified atom stereocenters. The summed E-state index contributed by atoms with van der Waals surface area (Å²) >= 11 is 0. The number of guanidine groups is 1. The minimum atomic E-state index is 0. The van der Waals surface area contributed by atoms with Crippen LogP contribution in [0.15, 0.2) is 35.3 Å². The van der Waals surface area contributed by atoms with E-state index in [4.69, 9.17) is 5.73 Å². The topological polar surface area (TPSA) is 41.6 Å². The van der Waals surface area contributed by atoms with Crippen molar-refractivity contribution in [2.45, 2.75) is 38.5 Å². The molecular formula is C16H26IN3. The molecule has 1 aliphatic heterocycles. The Balaban J connectivity index is 0.00000200. The molecule has 1 heterocycles. The van der Waals surface area contributed by atoms with Gasteiger partial charge in [0.05, 0.1) is 0 Å². The van der Waals surface area contributed by atoms with Gasteiger partial charge in [-0.25, -0.2) is 0 Å². The Morgan fingerprint density at radius 3 is 2.35 bits per heavy atom. The average Bonchev–Trinajstić information content (AvgIpc) is 2.74. The number of nitrogens with two attached hydrogens (primary N) is 1. The fourth-order valence-electron chi connectivity index (χ4n) is 2.52. The molecule has 0 amide bonds. The Kier molecular flexibility index (Phi) is 7.95. The van der Waals surface area contributed by atoms with Gasteiger partial charge >= 0.3 is 0 Å². The van der Waals surface area contributed by atoms with Crippen LogP contribution in [0.1, 0.15) is 44.1 Å². The minimum absolute atomic E-state index is 0. The van der Waals surface area contributed by atoms with Crippen molar-refractivity contribution in [2.24, 2.45) is 10.7 Å². The lowest BCUT2D eigenvalue weighted by atomic mass is 10.0. The van der Waals surface area contributed by atoms with Crippen LogP contribution in [0.5, 0.6) is 0 Å². The lowest BCUT2D eigenvalue weighted by Gasteiger charge is -2.21. The zero-order chi connectivity index (χ0) is 13.5. The van der Waals surface area contributed by atoms with E-state index in [9.17, 15) is 0 Å². The maximum Gasteiger partial charge on any atom is 0.191 e. The minimum Gasteiger partial charge on any atom is -0.370 e. The molecule has 0 radical (unpaired) electrons. The molecule has 1 fully saturated rings. The third kappa shape index (κ3) is 5.31. The molecule has 1 aliphatic rings. The van der Waals surface area contributed by atoms with Gasteiger partial charge in [0.15, 0.2) is 5.96 Å². The number of aliphatic imine (C=N–C) groups is 1. The quantitative estimate of drug-likeness (QED) is 0.489. The van der Waals surface area contributed by atoms with Gasteiger partial charge in [-0.2, -0.15) is 0 Å². The number of benzene rings is 1. The number of hydrogen-bond donors (Lipinski definition) is 1. The van der Waals surface area contributed by atoms with E-state index < -0.39 is 0 Å². The monoisotopic (exact) mass is 387 g/mol. The molecule has 1 atom stereocenters. The van der Waals surface area contributed by atoms with Crippen LogP contribution in [-0.4, -0.2) is 30.5 Å². The van der Waals surface area contributed by atoms with Crippen LogP contribution >= 0.6 is 24.0 Å². The largest absolute Gasteiger partial charge is 0.370 e. The number of halogens is 1. The normalized spacial score (nSPS) is 18.1. The fourth-order valence-corrected chi connectivity index (χ4v) is 2.52. The summed E-state index contributed by atoms with van der Waals surface area (Å²) in [5.41, 5.74) is 7.45. The molecule has 112 valence electrons. The van der Waals surface area contributed by atoms with Gasteiger partial charge in [0.25, 0.3) is 0 Å². The van der Waals surface area contributed by atoms with Crippen molar-refractivity contribution in [1.82, 2.24) is 4.90 Å². The van der Waals surface area contributed by atoms with E-state index in [1.54, 1.807) is 0 Å². The summed E-state index contributed by atoms with van der Waals surface area (Å²) in [5.74, 6) is 1.15. The fraction of sp³-hybridized carbons (Fsp3) is 0.562. The Morgan fingerprint density at radius 1 is 1.15 bits per heavy atom. The summed E-state index contributed by atoms with van der Waals surface area (Å²) in [5, 5.41) is 0. The first kappa shape index (κ1) is 17.3. The summed E-state index contributed by atoms with van der Waals surface area (Å²) < 4.78 is 0. The number of nitrogens with zero attached hydrogens (tertiary/aromatic N) is 2. The number of hydrogen-bond acceptors (Lipinski definition) is 1. The standard InChI is InChI=1S/C16H25N3.HI/c1-14(15-9-5-4-6-10-15)13-18-16(17)19-11-7-2-3-8-12-19;/h4-6,9-10,14H,2-3,7-8,11-13H2,1H3,(H2,17,18);1H. The highest BCUT2D eigenvalue weighted by molar-refractivity contribution is 14.0. The molecule has 20 heavy (non-hydrogen) atoms. The second-order valence-corrected chi connectivity index (χ2v) is 5.41. The van der Waals surface area contributed by atoms with Crippen molar-refractivity contribution in [3.8, 4) is 0 Å². The van der Waals surface area contributed by atoms with Crippen LogP contribution in [-0.2, 0) is 0 Å². The van der Waals surface area contributed by atoms with Gasteiger partial charge < -0.3 is 10.6 Å². The summed E-state index contributed by atoms with van der Waals surface area (Å²) in [4.78, 5) is 6.83. The Hall–Kier alpha value is -0.780. The lowest BCUT2D eigenvalue weighted by molar-refractivity contribution is 0.428. The van der Waals surface area contributed by atoms with Gasteiger partial charge in [0.1, 0.15) is 0 Å². The first-order valence-electron chi connectivity index (χ1n) is 7.37. The predicted molar refractivity (Wildman–Crippen MR) is 96.8 cm³/mol. The van der Waals surface area contributed by atoms with Crippen molar-refractivity contribution in [2.75, 3.05) is 19.6 Å². The Morgan fingerprint density at radius 2 is 1.75 bits per heavy atom. The van der Waals surface area contributed by atoms with Crippen molar-refractivity contribution in [3.05, 3.63) is 35.9 Å². The number of likely N-dealkylation sites (tertiary alicyclic amines) is 1. The zero-order valence-corrected chi connectivity index (χ0v) is 14.6. The van der Waals surface area contributed by atoms with Crippen LogP contribution < -0.4 is 5.73 Å². The van der Waals surface area contributed by atoms with Crippen LogP contribution in [0.4, 0.5) is 0 Å². The maximum atomic E-state index is 6.12. The molecule has 0 saturated carbocycles. The summed E-state index contributed by atoms with van der Waals surface area (Å²) in [6.45, 7) is 5.10. The van der Waals surface area contributed by atoms with E-state index in [1.807, 2.05) is 6.07 Å². The molecule has 3 nitrogen and oxygen atoms in total. The molecular weight excluding hydrogens is 361 g/mol. The predicted octanol–water partition coefficient (Wildman–Crippen LogP) is 3.60. The molecule has 1 saturated heterocycles. The molecule has 0 spiro atoms. The SMILES string of the molecule is CC(CN=C(N)N1CCCCCC1)c1ccccc1.I. The maximum absolute atomic E-state index is 6.12. The van der Waals surface area contributed by atoms with Crippen molar-refractivity contribution in [1.29, 1.82) is 0 Å². The molecule has 0 aliphatic carbocycles. The molecule has 1 aromatic carbocycles. The zero-order valence-electron chi connectivity index (χ0n) is 12.3. The van der Waals surface area contributed by atoms with E-state index in [2.05, 4.69) is 41.1 Å². The second kappa shape index (κ2) is 9.21. The van der Waals surface area contributed by atoms with Gasteiger partial charge in [0, 0.05) is 25.6 Å². The molecule has 1 aromatic rings. The summed E-state index contributed by atoms with van der Waals surface area (Å²) in [6.07, 6.45) is 5.13. The van der Waals surface area contributed by atoms with Crippen molar-refractivity contribution >= 4 is 29.9 Å². The first-order chi connectivity index (χ1) is 9.27. The van der Waals surface area contributed by atoms with E-state index in [1.165, 1.54) is 31.2 Å². The third-order valence-electron chi connectivity index (χ3n) is 3.83. The molecule has 0 bridgehead atoms. The van der Waals surface area contributed by atoms with Gasteiger partial charge in [-0.1, -0.05) is 50.1 Å². The first-order valence-corrected chi connectivity index (χ1v) is 7.37. The van der Waals surface area contributed by atoms with Crippen molar-refractivity contribution < 1.29 is 0 Å². The van der Waals surface area contributed by atoms with Crippen LogP contribution in [0.3, 0.4) is 0 Å². The highest BCUT2D eigenvalue weighted by atomic mass is 127. The molecule has 2 N–H and O–H groups in total. The molecule has 4 heteroatoms. The van der Waals surface area contributed by atoms with Gasteiger partial charge in [-0.05, 0) is 18.4 Å². The summed E-state index contributed by atoms with van der Waals surface area (Å²) in [6, 6.07) is 10.5. The molecule has 0 aromatic heterocycles. The summed E-state index contributed by atoms with van der Waals surface area (Å²) in [7, 11) is 0. The van der Waals surface area contributed by atoms with E-state index >= 15 is 0 Å². The highest BCUT2D eigenvalue weighted by Gasteiger charge is 2.11. The van der Waals surface area contributed by atoms with E-state index in [-0.39, 0.29) is 24.0 Å². The van der Waals surface area contributed by atoms with Crippen molar-refractivity contribution in [3.63, 3.8) is 0 Å². The van der Waals surface area contributed by atoms with Gasteiger partial charge in [-0.3, -0.25) is 4.99 Å². The third-order valence-corrected chi connectivity index (χ3v) is 3.83. The highest BCUT2D eigenvalue weighted by Crippen LogP contribution is 2.15. The second-order valence-electron chi connectivity index (χ2n) is 5.41. The van der Waals surface area contributed by atoms with Crippen LogP contribution in [0, 0.1) is 0 Å². The van der Waals surface area contributed by atoms with Gasteiger partial charge in [0.2, 0.25) is 0 Å². The van der Waals surface area contributed by atoms with E-state index in [0.29, 0.717) is 5.92 Å². The molecule has 2 rings (SSSR count). The Labute approximate surface area is 139 Å². The lowest BCUT2D eigenvalue weighted by Crippen LogP contribution is -2.38. The van der Waals surface area contributed by atoms with Crippen LogP contribution in [0.25, 0.3) is 0 Å². The smallest absolute Gasteiger partial charge is 0.191 e. The number of rotatable bonds is 3. The van der Waals surface area contributed by atoms with Gasteiger partial charge in [-0.15, -0.1) is 24.0 Å². The average molecular weight is 387 g/mol. The van der Waals surface area contributed by atoms with E-state index in [0.717, 1.165) is 25.6 Å². The Bertz CT molecular complexity index is 397.